The number of aliphatic imine (C=N–C) groups is 1. The largest absolute Gasteiger partial charge is 0.336 e. The van der Waals surface area contributed by atoms with Crippen molar-refractivity contribution in [2.45, 2.75) is 19.0 Å². The lowest BCUT2D eigenvalue weighted by molar-refractivity contribution is -0.128. The monoisotopic (exact) mass is 216 g/mol. The maximum absolute atomic E-state index is 11.6. The lowest BCUT2D eigenvalue weighted by Gasteiger charge is -2.15. The third-order valence-corrected chi connectivity index (χ3v) is 2.65. The number of hydrogen-bond donors (Lipinski definition) is 0. The lowest BCUT2D eigenvalue weighted by Crippen LogP contribution is -2.24. The highest BCUT2D eigenvalue weighted by molar-refractivity contribution is 5.79. The third kappa shape index (κ3) is 2.35. The number of carbonyl (C=O) groups excluding carboxylic acids is 2. The molecular formula is C12H12N2O2. The highest BCUT2D eigenvalue weighted by atomic mass is 16.2. The van der Waals surface area contributed by atoms with Gasteiger partial charge in [0.05, 0.1) is 12.5 Å². The zero-order valence-corrected chi connectivity index (χ0v) is 8.80. The summed E-state index contributed by atoms with van der Waals surface area (Å²) < 4.78 is 0. The highest BCUT2D eigenvalue weighted by Gasteiger charge is 2.29. The average Bonchev–Trinajstić information content (AvgIpc) is 2.61. The third-order valence-electron chi connectivity index (χ3n) is 2.65. The lowest BCUT2D eigenvalue weighted by atomic mass is 10.2. The van der Waals surface area contributed by atoms with E-state index in [2.05, 4.69) is 4.99 Å². The molecule has 0 spiro atoms. The van der Waals surface area contributed by atoms with Crippen LogP contribution in [-0.2, 0) is 16.1 Å². The van der Waals surface area contributed by atoms with E-state index in [0.717, 1.165) is 5.56 Å². The number of carbonyl (C=O) groups is 1. The van der Waals surface area contributed by atoms with E-state index in [1.54, 1.807) is 4.90 Å². The number of benzene rings is 1. The van der Waals surface area contributed by atoms with E-state index in [0.29, 0.717) is 19.5 Å². The van der Waals surface area contributed by atoms with Crippen LogP contribution in [0, 0.1) is 0 Å². The smallest absolute Gasteiger partial charge is 0.235 e. The molecule has 0 saturated carbocycles. The van der Waals surface area contributed by atoms with Gasteiger partial charge in [0.1, 0.15) is 0 Å². The molecule has 4 nitrogen and oxygen atoms in total. The normalized spacial score (nSPS) is 19.6. The first-order chi connectivity index (χ1) is 7.79. The van der Waals surface area contributed by atoms with E-state index in [9.17, 15) is 9.59 Å². The topological polar surface area (TPSA) is 49.7 Å². The van der Waals surface area contributed by atoms with Gasteiger partial charge >= 0.3 is 0 Å². The van der Waals surface area contributed by atoms with Crippen molar-refractivity contribution >= 4 is 12.0 Å². The number of rotatable bonds is 3. The van der Waals surface area contributed by atoms with Crippen LogP contribution in [0.5, 0.6) is 0 Å². The minimum atomic E-state index is -0.214. The van der Waals surface area contributed by atoms with Crippen molar-refractivity contribution in [3.63, 3.8) is 0 Å². The van der Waals surface area contributed by atoms with Crippen LogP contribution in [-0.4, -0.2) is 29.5 Å². The predicted molar refractivity (Wildman–Crippen MR) is 58.4 cm³/mol. The Morgan fingerprint density at radius 3 is 2.81 bits per heavy atom. The summed E-state index contributed by atoms with van der Waals surface area (Å²) >= 11 is 0. The van der Waals surface area contributed by atoms with Crippen LogP contribution < -0.4 is 0 Å². The molecule has 16 heavy (non-hydrogen) atoms. The molecule has 0 N–H and O–H groups in total. The van der Waals surface area contributed by atoms with Crippen LogP contribution in [0.25, 0.3) is 0 Å². The first-order valence-electron chi connectivity index (χ1n) is 5.18. The quantitative estimate of drug-likeness (QED) is 0.561. The molecule has 1 fully saturated rings. The molecule has 1 aliphatic rings. The van der Waals surface area contributed by atoms with Gasteiger partial charge in [-0.15, -0.1) is 0 Å². The van der Waals surface area contributed by atoms with Gasteiger partial charge in [0.2, 0.25) is 12.0 Å². The van der Waals surface area contributed by atoms with Gasteiger partial charge in [0.15, 0.2) is 0 Å². The Hall–Kier alpha value is -1.93. The fourth-order valence-electron chi connectivity index (χ4n) is 1.87. The van der Waals surface area contributed by atoms with Gasteiger partial charge in [-0.3, -0.25) is 4.79 Å². The number of nitrogens with zero attached hydrogens (tertiary/aromatic N) is 2. The molecule has 1 aliphatic heterocycles. The van der Waals surface area contributed by atoms with Crippen molar-refractivity contribution in [3.05, 3.63) is 35.9 Å². The fraction of sp³-hybridized carbons (Fsp3) is 0.333. The molecule has 1 saturated heterocycles. The molecule has 1 unspecified atom stereocenters. The summed E-state index contributed by atoms with van der Waals surface area (Å²) in [6, 6.07) is 9.56. The second-order valence-electron chi connectivity index (χ2n) is 3.84. The molecule has 0 aromatic heterocycles. The standard InChI is InChI=1S/C12H12N2O2/c15-9-13-11-6-12(16)14(8-11)7-10-4-2-1-3-5-10/h1-5,11H,6-8H2. The van der Waals surface area contributed by atoms with Crippen LogP contribution in [0.1, 0.15) is 12.0 Å². The summed E-state index contributed by atoms with van der Waals surface area (Å²) in [6.07, 6.45) is 1.83. The van der Waals surface area contributed by atoms with Gasteiger partial charge in [-0.25, -0.2) is 9.79 Å². The number of amides is 1. The van der Waals surface area contributed by atoms with Crippen LogP contribution in [0.3, 0.4) is 0 Å². The first kappa shape index (κ1) is 10.6. The van der Waals surface area contributed by atoms with Crippen molar-refractivity contribution in [1.29, 1.82) is 0 Å². The van der Waals surface area contributed by atoms with E-state index in [4.69, 9.17) is 0 Å². The molecule has 0 aliphatic carbocycles. The highest BCUT2D eigenvalue weighted by Crippen LogP contribution is 2.16. The summed E-state index contributed by atoms with van der Waals surface area (Å²) in [7, 11) is 0. The van der Waals surface area contributed by atoms with Crippen molar-refractivity contribution in [1.82, 2.24) is 4.90 Å². The number of likely N-dealkylation sites (tertiary alicyclic amines) is 1. The fourth-order valence-corrected chi connectivity index (χ4v) is 1.87. The molecule has 1 atom stereocenters. The SMILES string of the molecule is O=C=NC1CC(=O)N(Cc2ccccc2)C1. The zero-order valence-electron chi connectivity index (χ0n) is 8.80. The van der Waals surface area contributed by atoms with Gasteiger partial charge in [-0.1, -0.05) is 30.3 Å². The van der Waals surface area contributed by atoms with E-state index in [1.165, 1.54) is 6.08 Å². The van der Waals surface area contributed by atoms with Crippen LogP contribution >= 0.6 is 0 Å². The molecule has 1 heterocycles. The van der Waals surface area contributed by atoms with Crippen molar-refractivity contribution in [2.24, 2.45) is 4.99 Å². The van der Waals surface area contributed by atoms with Crippen molar-refractivity contribution < 1.29 is 9.59 Å². The van der Waals surface area contributed by atoms with E-state index in [-0.39, 0.29) is 11.9 Å². The van der Waals surface area contributed by atoms with Gasteiger partial charge in [0.25, 0.3) is 0 Å². The van der Waals surface area contributed by atoms with Crippen LogP contribution in [0.2, 0.25) is 0 Å². The Balaban J connectivity index is 2.01. The van der Waals surface area contributed by atoms with Crippen molar-refractivity contribution in [3.8, 4) is 0 Å². The Morgan fingerprint density at radius 1 is 1.38 bits per heavy atom. The minimum absolute atomic E-state index is 0.0489. The molecule has 4 heteroatoms. The Kier molecular flexibility index (Phi) is 3.13. The van der Waals surface area contributed by atoms with Gasteiger partial charge < -0.3 is 4.90 Å². The molecule has 0 bridgehead atoms. The Morgan fingerprint density at radius 2 is 2.12 bits per heavy atom. The second-order valence-corrected chi connectivity index (χ2v) is 3.84. The number of hydrogen-bond acceptors (Lipinski definition) is 3. The average molecular weight is 216 g/mol. The molecule has 82 valence electrons. The minimum Gasteiger partial charge on any atom is -0.336 e. The molecule has 1 amide bonds. The molecule has 2 rings (SSSR count). The molecular weight excluding hydrogens is 204 g/mol. The molecule has 1 aromatic rings. The van der Waals surface area contributed by atoms with Crippen LogP contribution in [0.15, 0.2) is 35.3 Å². The maximum atomic E-state index is 11.6. The second kappa shape index (κ2) is 4.73. The van der Waals surface area contributed by atoms with Gasteiger partial charge in [-0.05, 0) is 5.56 Å². The predicted octanol–water partition coefficient (Wildman–Crippen LogP) is 1.12. The van der Waals surface area contributed by atoms with Gasteiger partial charge in [-0.2, -0.15) is 0 Å². The number of isocyanates is 1. The summed E-state index contributed by atoms with van der Waals surface area (Å²) in [6.45, 7) is 1.10. The van der Waals surface area contributed by atoms with E-state index < -0.39 is 0 Å². The maximum Gasteiger partial charge on any atom is 0.235 e. The van der Waals surface area contributed by atoms with E-state index in [1.807, 2.05) is 30.3 Å². The summed E-state index contributed by atoms with van der Waals surface area (Å²) in [4.78, 5) is 27.0. The Labute approximate surface area is 93.6 Å². The molecule has 1 aromatic carbocycles. The Bertz CT molecular complexity index is 424. The van der Waals surface area contributed by atoms with Crippen molar-refractivity contribution in [2.75, 3.05) is 6.54 Å². The summed E-state index contributed by atoms with van der Waals surface area (Å²) in [5.41, 5.74) is 1.09. The van der Waals surface area contributed by atoms with Gasteiger partial charge in [0, 0.05) is 13.1 Å². The zero-order chi connectivity index (χ0) is 11.4. The summed E-state index contributed by atoms with van der Waals surface area (Å²) in [5, 5.41) is 0. The molecule has 0 radical (unpaired) electrons. The summed E-state index contributed by atoms with van der Waals surface area (Å²) in [5.74, 6) is 0.0489. The first-order valence-corrected chi connectivity index (χ1v) is 5.18. The van der Waals surface area contributed by atoms with Crippen LogP contribution in [0.4, 0.5) is 0 Å². The van der Waals surface area contributed by atoms with E-state index >= 15 is 0 Å².